The molecule has 0 fully saturated rings. The number of hydrogen-bond acceptors (Lipinski definition) is 4. The lowest BCUT2D eigenvalue weighted by Gasteiger charge is -2.11. The first-order valence-corrected chi connectivity index (χ1v) is 9.28. The number of carbonyl (C=O) groups excluding carboxylic acids is 1. The average Bonchev–Trinajstić information content (AvgIpc) is 2.78. The lowest BCUT2D eigenvalue weighted by atomic mass is 10.2. The number of ether oxygens (including phenoxy) is 2. The Labute approximate surface area is 170 Å². The Kier molecular flexibility index (Phi) is 7.61. The number of carbonyl (C=O) groups is 1. The molecule has 5 heteroatoms. The Balaban J connectivity index is 1.49. The van der Waals surface area contributed by atoms with E-state index in [1.165, 1.54) is 6.21 Å². The Hall–Kier alpha value is -3.86. The van der Waals surface area contributed by atoms with Crippen molar-refractivity contribution in [2.75, 3.05) is 13.2 Å². The zero-order valence-corrected chi connectivity index (χ0v) is 15.9. The molecule has 3 rings (SSSR count). The third-order valence-electron chi connectivity index (χ3n) is 3.90. The molecule has 146 valence electrons. The highest BCUT2D eigenvalue weighted by Crippen LogP contribution is 2.18. The summed E-state index contributed by atoms with van der Waals surface area (Å²) >= 11 is 0. The van der Waals surface area contributed by atoms with Crippen molar-refractivity contribution < 1.29 is 14.3 Å². The topological polar surface area (TPSA) is 59.9 Å². The molecular formula is C24H22N2O3. The van der Waals surface area contributed by atoms with Crippen LogP contribution in [0.2, 0.25) is 0 Å². The van der Waals surface area contributed by atoms with Gasteiger partial charge in [0, 0.05) is 6.21 Å². The van der Waals surface area contributed by atoms with Gasteiger partial charge in [-0.2, -0.15) is 5.10 Å². The quantitative estimate of drug-likeness (QED) is 0.333. The molecule has 0 aliphatic carbocycles. The van der Waals surface area contributed by atoms with Gasteiger partial charge in [-0.1, -0.05) is 66.7 Å². The van der Waals surface area contributed by atoms with Gasteiger partial charge in [0.25, 0.3) is 5.91 Å². The number of rotatable bonds is 9. The molecular weight excluding hydrogens is 364 g/mol. The summed E-state index contributed by atoms with van der Waals surface area (Å²) in [5.74, 6) is 0.922. The highest BCUT2D eigenvalue weighted by Gasteiger charge is 2.11. The van der Waals surface area contributed by atoms with Gasteiger partial charge >= 0.3 is 0 Å². The maximum Gasteiger partial charge on any atom is 0.275 e. The van der Waals surface area contributed by atoms with E-state index >= 15 is 0 Å². The van der Waals surface area contributed by atoms with E-state index in [4.69, 9.17) is 9.47 Å². The van der Waals surface area contributed by atoms with Gasteiger partial charge in [-0.25, -0.2) is 5.43 Å². The van der Waals surface area contributed by atoms with Crippen LogP contribution in [0.4, 0.5) is 0 Å². The van der Waals surface area contributed by atoms with Gasteiger partial charge in [0.05, 0.1) is 5.56 Å². The lowest BCUT2D eigenvalue weighted by molar-refractivity contribution is 0.0950. The second-order valence-corrected chi connectivity index (χ2v) is 6.00. The van der Waals surface area contributed by atoms with Gasteiger partial charge in [-0.3, -0.25) is 4.79 Å². The van der Waals surface area contributed by atoms with Crippen molar-refractivity contribution in [1.29, 1.82) is 0 Å². The highest BCUT2D eigenvalue weighted by atomic mass is 16.5. The summed E-state index contributed by atoms with van der Waals surface area (Å²) in [6, 6.07) is 26.4. The predicted octanol–water partition coefficient (Wildman–Crippen LogP) is 4.57. The van der Waals surface area contributed by atoms with Gasteiger partial charge in [0.1, 0.15) is 24.7 Å². The Morgan fingerprint density at radius 3 is 2.28 bits per heavy atom. The molecule has 0 saturated heterocycles. The van der Waals surface area contributed by atoms with Crippen molar-refractivity contribution in [3.05, 3.63) is 102 Å². The maximum atomic E-state index is 12.4. The summed E-state index contributed by atoms with van der Waals surface area (Å²) in [5.41, 5.74) is 3.98. The monoisotopic (exact) mass is 386 g/mol. The smallest absolute Gasteiger partial charge is 0.275 e. The number of hydrazone groups is 1. The van der Waals surface area contributed by atoms with Crippen LogP contribution in [0, 0.1) is 0 Å². The molecule has 0 atom stereocenters. The number of para-hydroxylation sites is 2. The van der Waals surface area contributed by atoms with Crippen LogP contribution in [-0.4, -0.2) is 25.3 Å². The zero-order valence-electron chi connectivity index (χ0n) is 15.9. The molecule has 0 spiro atoms. The molecule has 0 radical (unpaired) electrons. The number of nitrogens with zero attached hydrogens (tertiary/aromatic N) is 1. The number of amides is 1. The van der Waals surface area contributed by atoms with E-state index in [0.29, 0.717) is 24.5 Å². The Morgan fingerprint density at radius 1 is 0.828 bits per heavy atom. The number of allylic oxidation sites excluding steroid dienone is 1. The van der Waals surface area contributed by atoms with Crippen LogP contribution < -0.4 is 14.9 Å². The van der Waals surface area contributed by atoms with Crippen molar-refractivity contribution in [3.8, 4) is 11.5 Å². The van der Waals surface area contributed by atoms with Gasteiger partial charge in [0.15, 0.2) is 0 Å². The van der Waals surface area contributed by atoms with E-state index in [1.54, 1.807) is 24.3 Å². The molecule has 29 heavy (non-hydrogen) atoms. The fraction of sp³-hybridized carbons (Fsp3) is 0.0833. The summed E-state index contributed by atoms with van der Waals surface area (Å²) in [6.45, 7) is 0.699. The summed E-state index contributed by atoms with van der Waals surface area (Å²) in [4.78, 5) is 12.4. The van der Waals surface area contributed by atoms with Gasteiger partial charge in [-0.15, -0.1) is 0 Å². The van der Waals surface area contributed by atoms with E-state index in [1.807, 2.05) is 72.8 Å². The molecule has 3 aromatic rings. The van der Waals surface area contributed by atoms with Gasteiger partial charge in [0.2, 0.25) is 0 Å². The summed E-state index contributed by atoms with van der Waals surface area (Å²) in [7, 11) is 0. The first kappa shape index (κ1) is 19.9. The molecule has 5 nitrogen and oxygen atoms in total. The molecule has 1 amide bonds. The van der Waals surface area contributed by atoms with Crippen LogP contribution in [0.25, 0.3) is 6.08 Å². The van der Waals surface area contributed by atoms with Crippen LogP contribution in [-0.2, 0) is 0 Å². The molecule has 0 saturated carbocycles. The maximum absolute atomic E-state index is 12.4. The largest absolute Gasteiger partial charge is 0.490 e. The molecule has 1 N–H and O–H groups in total. The summed E-state index contributed by atoms with van der Waals surface area (Å²) in [5, 5.41) is 3.95. The van der Waals surface area contributed by atoms with Crippen molar-refractivity contribution >= 4 is 18.2 Å². The lowest BCUT2D eigenvalue weighted by Crippen LogP contribution is -2.19. The molecule has 0 aromatic heterocycles. The predicted molar refractivity (Wildman–Crippen MR) is 115 cm³/mol. The first-order valence-electron chi connectivity index (χ1n) is 9.28. The van der Waals surface area contributed by atoms with Gasteiger partial charge < -0.3 is 9.47 Å². The molecule has 0 aliphatic heterocycles. The van der Waals surface area contributed by atoms with Crippen LogP contribution in [0.1, 0.15) is 15.9 Å². The summed E-state index contributed by atoms with van der Waals surface area (Å²) < 4.78 is 11.3. The normalized spacial score (nSPS) is 10.9. The fourth-order valence-corrected chi connectivity index (χ4v) is 2.53. The third-order valence-corrected chi connectivity index (χ3v) is 3.90. The second kappa shape index (κ2) is 11.1. The van der Waals surface area contributed by atoms with E-state index in [0.717, 1.165) is 11.3 Å². The Morgan fingerprint density at radius 2 is 1.48 bits per heavy atom. The minimum absolute atomic E-state index is 0.322. The minimum atomic E-state index is -0.339. The minimum Gasteiger partial charge on any atom is -0.490 e. The van der Waals surface area contributed by atoms with Gasteiger partial charge in [-0.05, 0) is 35.9 Å². The average molecular weight is 386 g/mol. The van der Waals surface area contributed by atoms with Crippen LogP contribution in [0.5, 0.6) is 11.5 Å². The van der Waals surface area contributed by atoms with E-state index in [9.17, 15) is 4.79 Å². The highest BCUT2D eigenvalue weighted by molar-refractivity contribution is 5.97. The molecule has 0 aliphatic rings. The van der Waals surface area contributed by atoms with Crippen molar-refractivity contribution in [2.24, 2.45) is 5.10 Å². The SMILES string of the molecule is O=C(N/N=C\C=C\c1ccccc1)c1ccccc1OCCOc1ccccc1. The molecule has 3 aromatic carbocycles. The van der Waals surface area contributed by atoms with E-state index in [-0.39, 0.29) is 5.91 Å². The molecule has 0 unspecified atom stereocenters. The van der Waals surface area contributed by atoms with Crippen molar-refractivity contribution in [3.63, 3.8) is 0 Å². The number of hydrogen-bond donors (Lipinski definition) is 1. The molecule has 0 bridgehead atoms. The van der Waals surface area contributed by atoms with Crippen LogP contribution >= 0.6 is 0 Å². The zero-order chi connectivity index (χ0) is 20.2. The molecule has 0 heterocycles. The van der Waals surface area contributed by atoms with E-state index in [2.05, 4.69) is 10.5 Å². The number of benzene rings is 3. The van der Waals surface area contributed by atoms with E-state index < -0.39 is 0 Å². The van der Waals surface area contributed by atoms with Crippen molar-refractivity contribution in [1.82, 2.24) is 5.43 Å². The third kappa shape index (κ3) is 6.66. The fourth-order valence-electron chi connectivity index (χ4n) is 2.53. The van der Waals surface area contributed by atoms with Crippen LogP contribution in [0.3, 0.4) is 0 Å². The van der Waals surface area contributed by atoms with Crippen LogP contribution in [0.15, 0.2) is 96.1 Å². The van der Waals surface area contributed by atoms with Crippen molar-refractivity contribution in [2.45, 2.75) is 0 Å². The standard InChI is InChI=1S/C24H22N2O3/c27-24(26-25-17-9-12-20-10-3-1-4-11-20)22-15-7-8-16-23(22)29-19-18-28-21-13-5-2-6-14-21/h1-17H,18-19H2,(H,26,27)/b12-9+,25-17-. The summed E-state index contributed by atoms with van der Waals surface area (Å²) in [6.07, 6.45) is 5.19. The first-order chi connectivity index (χ1) is 14.3. The number of nitrogens with one attached hydrogen (secondary N) is 1. The second-order valence-electron chi connectivity index (χ2n) is 6.00. The Bertz CT molecular complexity index is 954.